The normalized spacial score (nSPS) is 36.6. The lowest BCUT2D eigenvalue weighted by Gasteiger charge is -2.57. The predicted octanol–water partition coefficient (Wildman–Crippen LogP) is 0.384. The average molecular weight is 293 g/mol. The average Bonchev–Trinajstić information content (AvgIpc) is 2.91. The highest BCUT2D eigenvalue weighted by Gasteiger charge is 2.57. The van der Waals surface area contributed by atoms with E-state index in [0.717, 1.165) is 25.1 Å². The molecule has 118 valence electrons. The number of hydrogen-bond acceptors (Lipinski definition) is 5. The van der Waals surface area contributed by atoms with Gasteiger partial charge in [-0.25, -0.2) is 0 Å². The largest absolute Gasteiger partial charge is 0.391 e. The van der Waals surface area contributed by atoms with E-state index >= 15 is 0 Å². The fraction of sp³-hybridized carbons (Fsp3) is 0.867. The van der Waals surface area contributed by atoms with Gasteiger partial charge in [0.2, 0.25) is 0 Å². The minimum Gasteiger partial charge on any atom is -0.391 e. The number of aryl methyl sites for hydroxylation is 1. The Bertz CT molecular complexity index is 497. The maximum Gasteiger partial charge on any atom is 0.0964 e. The molecule has 1 aromatic heterocycles. The summed E-state index contributed by atoms with van der Waals surface area (Å²) in [6, 6.07) is 0.762. The molecule has 1 saturated heterocycles. The van der Waals surface area contributed by atoms with Crippen molar-refractivity contribution in [2.24, 2.45) is 18.4 Å². The first-order chi connectivity index (χ1) is 9.91. The van der Waals surface area contributed by atoms with Crippen LogP contribution >= 0.6 is 0 Å². The molecule has 2 heterocycles. The first-order valence-corrected chi connectivity index (χ1v) is 7.88. The van der Waals surface area contributed by atoms with Crippen molar-refractivity contribution in [2.45, 2.75) is 51.4 Å². The van der Waals surface area contributed by atoms with Gasteiger partial charge in [0.15, 0.2) is 0 Å². The second kappa shape index (κ2) is 5.34. The third-order valence-electron chi connectivity index (χ3n) is 5.20. The van der Waals surface area contributed by atoms with Gasteiger partial charge in [-0.1, -0.05) is 13.8 Å². The highest BCUT2D eigenvalue weighted by atomic mass is 16.3. The van der Waals surface area contributed by atoms with E-state index < -0.39 is 0 Å². The molecule has 4 atom stereocenters. The Hall–Kier alpha value is -0.980. The number of aromatic nitrogens is 3. The van der Waals surface area contributed by atoms with Gasteiger partial charge >= 0.3 is 0 Å². The fourth-order valence-corrected chi connectivity index (χ4v) is 4.76. The van der Waals surface area contributed by atoms with Crippen molar-refractivity contribution in [1.29, 1.82) is 0 Å². The van der Waals surface area contributed by atoms with Crippen molar-refractivity contribution in [3.8, 4) is 0 Å². The summed E-state index contributed by atoms with van der Waals surface area (Å²) in [4.78, 5) is 4.00. The van der Waals surface area contributed by atoms with E-state index in [4.69, 9.17) is 0 Å². The number of aliphatic hydroxyl groups excluding tert-OH is 1. The summed E-state index contributed by atoms with van der Waals surface area (Å²) >= 11 is 0. The number of nitrogens with one attached hydrogen (secondary N) is 1. The van der Waals surface area contributed by atoms with Gasteiger partial charge in [0.05, 0.1) is 18.0 Å². The first kappa shape index (κ1) is 14.9. The number of aliphatic hydroxyl groups is 1. The van der Waals surface area contributed by atoms with E-state index in [0.29, 0.717) is 23.9 Å². The molecule has 2 aliphatic rings. The summed E-state index contributed by atoms with van der Waals surface area (Å²) < 4.78 is 0. The van der Waals surface area contributed by atoms with Crippen LogP contribution in [0.15, 0.2) is 6.20 Å². The van der Waals surface area contributed by atoms with Crippen LogP contribution in [0.1, 0.15) is 32.4 Å². The van der Waals surface area contributed by atoms with Gasteiger partial charge in [-0.05, 0) is 25.8 Å². The van der Waals surface area contributed by atoms with Crippen molar-refractivity contribution in [3.63, 3.8) is 0 Å². The molecule has 2 fully saturated rings. The zero-order valence-electron chi connectivity index (χ0n) is 13.5. The Morgan fingerprint density at radius 2 is 2.19 bits per heavy atom. The maximum atomic E-state index is 10.4. The molecule has 0 radical (unpaired) electrons. The molecule has 2 N–H and O–H groups in total. The Labute approximate surface area is 126 Å². The minimum absolute atomic E-state index is 0.168. The molecule has 21 heavy (non-hydrogen) atoms. The lowest BCUT2D eigenvalue weighted by molar-refractivity contribution is -0.0828. The summed E-state index contributed by atoms with van der Waals surface area (Å²) in [5.41, 5.74) is 1.22. The van der Waals surface area contributed by atoms with Crippen LogP contribution in [0.3, 0.4) is 0 Å². The Balaban J connectivity index is 1.61. The number of nitrogens with zero attached hydrogens (tertiary/aromatic N) is 4. The van der Waals surface area contributed by atoms with Crippen LogP contribution < -0.4 is 5.32 Å². The molecule has 1 aliphatic heterocycles. The van der Waals surface area contributed by atoms with Gasteiger partial charge in [-0.15, -0.1) is 0 Å². The SMILES string of the molecule is CC(C)C1N(C)CC12C[C@@H](O)[C@H](NCc1cnn(C)n1)C2. The minimum atomic E-state index is -0.253. The number of hydrogen-bond donors (Lipinski definition) is 2. The van der Waals surface area contributed by atoms with Crippen LogP contribution in [0, 0.1) is 11.3 Å². The van der Waals surface area contributed by atoms with Crippen LogP contribution in [0.5, 0.6) is 0 Å². The topological polar surface area (TPSA) is 66.2 Å². The second-order valence-corrected chi connectivity index (χ2v) is 7.25. The third-order valence-corrected chi connectivity index (χ3v) is 5.20. The Morgan fingerprint density at radius 1 is 1.43 bits per heavy atom. The molecule has 6 nitrogen and oxygen atoms in total. The maximum absolute atomic E-state index is 10.4. The summed E-state index contributed by atoms with van der Waals surface area (Å²) in [7, 11) is 4.02. The van der Waals surface area contributed by atoms with E-state index in [2.05, 4.69) is 41.3 Å². The van der Waals surface area contributed by atoms with Gasteiger partial charge in [-0.3, -0.25) is 0 Å². The van der Waals surface area contributed by atoms with Crippen molar-refractivity contribution < 1.29 is 5.11 Å². The zero-order chi connectivity index (χ0) is 15.2. The first-order valence-electron chi connectivity index (χ1n) is 7.88. The third kappa shape index (κ3) is 2.60. The van der Waals surface area contributed by atoms with E-state index in [9.17, 15) is 5.11 Å². The van der Waals surface area contributed by atoms with Crippen molar-refractivity contribution >= 4 is 0 Å². The van der Waals surface area contributed by atoms with Gasteiger partial charge in [-0.2, -0.15) is 15.0 Å². The summed E-state index contributed by atoms with van der Waals surface area (Å²) in [5.74, 6) is 0.634. The van der Waals surface area contributed by atoms with Crippen molar-refractivity contribution in [2.75, 3.05) is 13.6 Å². The lowest BCUT2D eigenvalue weighted by Crippen LogP contribution is -2.64. The highest BCUT2D eigenvalue weighted by molar-refractivity contribution is 5.12. The molecule has 6 heteroatoms. The molecule has 0 amide bonds. The van der Waals surface area contributed by atoms with Crippen LogP contribution in [0.4, 0.5) is 0 Å². The molecule has 0 bridgehead atoms. The molecule has 1 aromatic rings. The molecule has 2 unspecified atom stereocenters. The fourth-order valence-electron chi connectivity index (χ4n) is 4.76. The van der Waals surface area contributed by atoms with Gasteiger partial charge in [0.25, 0.3) is 0 Å². The highest BCUT2D eigenvalue weighted by Crippen LogP contribution is 2.52. The molecule has 1 aliphatic carbocycles. The number of likely N-dealkylation sites (tertiary alicyclic amines) is 1. The van der Waals surface area contributed by atoms with E-state index in [1.165, 1.54) is 0 Å². The zero-order valence-corrected chi connectivity index (χ0v) is 13.5. The quantitative estimate of drug-likeness (QED) is 0.840. The van der Waals surface area contributed by atoms with E-state index in [1.807, 2.05) is 7.05 Å². The summed E-state index contributed by atoms with van der Waals surface area (Å²) in [6.45, 7) is 6.35. The Kier molecular flexibility index (Phi) is 3.80. The standard InChI is InChI=1S/C15H27N5O/c1-10(2)14-15(9-19(14)3)5-12(13(21)6-15)16-7-11-8-17-20(4)18-11/h8,10,12-14,16,21H,5-7,9H2,1-4H3/t12-,13-,14?,15?/m1/s1. The van der Waals surface area contributed by atoms with Gasteiger partial charge in [0, 0.05) is 37.6 Å². The molecule has 1 spiro atoms. The van der Waals surface area contributed by atoms with Crippen molar-refractivity contribution in [1.82, 2.24) is 25.2 Å². The summed E-state index contributed by atoms with van der Waals surface area (Å²) in [5, 5.41) is 22.3. The molecule has 1 saturated carbocycles. The van der Waals surface area contributed by atoms with Crippen molar-refractivity contribution in [3.05, 3.63) is 11.9 Å². The van der Waals surface area contributed by atoms with Crippen LogP contribution in [-0.4, -0.2) is 56.8 Å². The van der Waals surface area contributed by atoms with Crippen LogP contribution in [0.2, 0.25) is 0 Å². The van der Waals surface area contributed by atoms with Gasteiger partial charge in [0.1, 0.15) is 0 Å². The lowest BCUT2D eigenvalue weighted by atomic mass is 9.66. The molecular weight excluding hydrogens is 266 g/mol. The number of rotatable bonds is 4. The van der Waals surface area contributed by atoms with Crippen LogP contribution in [-0.2, 0) is 13.6 Å². The molecular formula is C15H27N5O. The van der Waals surface area contributed by atoms with Crippen LogP contribution in [0.25, 0.3) is 0 Å². The van der Waals surface area contributed by atoms with E-state index in [1.54, 1.807) is 11.0 Å². The summed E-state index contributed by atoms with van der Waals surface area (Å²) in [6.07, 6.45) is 3.49. The monoisotopic (exact) mass is 293 g/mol. The molecule has 3 rings (SSSR count). The second-order valence-electron chi connectivity index (χ2n) is 7.25. The smallest absolute Gasteiger partial charge is 0.0964 e. The molecule has 0 aromatic carbocycles. The van der Waals surface area contributed by atoms with Gasteiger partial charge < -0.3 is 15.3 Å². The van der Waals surface area contributed by atoms with E-state index in [-0.39, 0.29) is 12.1 Å². The predicted molar refractivity (Wildman–Crippen MR) is 80.6 cm³/mol. The Morgan fingerprint density at radius 3 is 2.76 bits per heavy atom.